The molecule has 6 atom stereocenters. The molecule has 1 aliphatic rings. The molecule has 7 nitrogen and oxygen atoms in total. The Morgan fingerprint density at radius 1 is 0.971 bits per heavy atom. The van der Waals surface area contributed by atoms with Gasteiger partial charge in [-0.15, -0.1) is 0 Å². The molecule has 0 aromatic rings. The van der Waals surface area contributed by atoms with Gasteiger partial charge in [-0.25, -0.2) is 8.78 Å². The van der Waals surface area contributed by atoms with Gasteiger partial charge in [0.05, 0.1) is 19.1 Å². The molecule has 1 N–H and O–H groups in total. The van der Waals surface area contributed by atoms with Crippen LogP contribution < -0.4 is 0 Å². The minimum absolute atomic E-state index is 0.0527. The summed E-state index contributed by atoms with van der Waals surface area (Å²) in [7, 11) is 0. The van der Waals surface area contributed by atoms with Crippen LogP contribution in [-0.4, -0.2) is 80.6 Å². The molecule has 1 rings (SSSR count). The number of carbonyl (C=O) groups excluding carboxylic acids is 1. The molecule has 0 aromatic carbocycles. The van der Waals surface area contributed by atoms with E-state index in [4.69, 9.17) is 23.7 Å². The summed E-state index contributed by atoms with van der Waals surface area (Å²) < 4.78 is 59.1. The minimum Gasteiger partial charge on any atom is -0.466 e. The molecule has 202 valence electrons. The fraction of sp³-hybridized carbons (Fsp3) is 0.960. The molecule has 34 heavy (non-hydrogen) atoms. The maximum absolute atomic E-state index is 15.4. The van der Waals surface area contributed by atoms with Crippen molar-refractivity contribution in [1.82, 2.24) is 0 Å². The van der Waals surface area contributed by atoms with Gasteiger partial charge in [0, 0.05) is 26.2 Å². The predicted molar refractivity (Wildman–Crippen MR) is 125 cm³/mol. The number of unbranched alkanes of at least 4 members (excludes halogenated alkanes) is 3. The van der Waals surface area contributed by atoms with Crippen molar-refractivity contribution in [3.8, 4) is 0 Å². The Labute approximate surface area is 203 Å². The first-order valence-electron chi connectivity index (χ1n) is 12.9. The van der Waals surface area contributed by atoms with Gasteiger partial charge in [0.25, 0.3) is 5.92 Å². The van der Waals surface area contributed by atoms with Crippen LogP contribution in [0.5, 0.6) is 0 Å². The lowest BCUT2D eigenvalue weighted by molar-refractivity contribution is -0.299. The molecule has 1 aliphatic heterocycles. The summed E-state index contributed by atoms with van der Waals surface area (Å²) in [6.45, 7) is 10.4. The molecule has 1 heterocycles. The van der Waals surface area contributed by atoms with Crippen LogP contribution in [0, 0.1) is 5.92 Å². The van der Waals surface area contributed by atoms with Crippen LogP contribution in [0.3, 0.4) is 0 Å². The third-order valence-corrected chi connectivity index (χ3v) is 5.88. The number of aliphatic hydroxyl groups is 1. The summed E-state index contributed by atoms with van der Waals surface area (Å²) in [5.41, 5.74) is 0. The van der Waals surface area contributed by atoms with Crippen LogP contribution in [0.15, 0.2) is 0 Å². The molecule has 0 saturated carbocycles. The van der Waals surface area contributed by atoms with Crippen LogP contribution in [-0.2, 0) is 28.5 Å². The Morgan fingerprint density at radius 2 is 1.53 bits per heavy atom. The van der Waals surface area contributed by atoms with E-state index in [1.807, 2.05) is 20.8 Å². The average molecular weight is 497 g/mol. The van der Waals surface area contributed by atoms with E-state index in [0.29, 0.717) is 19.8 Å². The van der Waals surface area contributed by atoms with E-state index in [0.717, 1.165) is 38.5 Å². The molecule has 1 saturated heterocycles. The van der Waals surface area contributed by atoms with Gasteiger partial charge in [-0.1, -0.05) is 47.0 Å². The quantitative estimate of drug-likeness (QED) is 0.221. The average Bonchev–Trinajstić information content (AvgIpc) is 2.79. The smallest absolute Gasteiger partial charge is 0.308 e. The molecule has 0 amide bonds. The van der Waals surface area contributed by atoms with Crippen molar-refractivity contribution in [1.29, 1.82) is 0 Å². The number of aliphatic hydroxyl groups excluding tert-OH is 1. The van der Waals surface area contributed by atoms with Crippen molar-refractivity contribution >= 4 is 5.97 Å². The lowest BCUT2D eigenvalue weighted by Crippen LogP contribution is -2.65. The van der Waals surface area contributed by atoms with Crippen LogP contribution in [0.25, 0.3) is 0 Å². The summed E-state index contributed by atoms with van der Waals surface area (Å²) in [6.07, 6.45) is -1.81. The SMILES string of the molecule is CCCCOC[C@H]1O[C@H](C(F)(F)C[C@@H](C)C(=O)OCC)[C@H](O)[C@@H](OCCCC)[C@H]1OCCCC. The van der Waals surface area contributed by atoms with Gasteiger partial charge in [0.1, 0.15) is 30.5 Å². The molecule has 0 spiro atoms. The van der Waals surface area contributed by atoms with Crippen molar-refractivity contribution < 1.29 is 42.4 Å². The summed E-state index contributed by atoms with van der Waals surface area (Å²) in [4.78, 5) is 12.0. The first-order chi connectivity index (χ1) is 16.2. The number of hydrogen-bond donors (Lipinski definition) is 1. The predicted octanol–water partition coefficient (Wildman–Crippen LogP) is 4.53. The first-order valence-corrected chi connectivity index (χ1v) is 12.9. The van der Waals surface area contributed by atoms with E-state index in [9.17, 15) is 9.90 Å². The van der Waals surface area contributed by atoms with Gasteiger partial charge >= 0.3 is 5.97 Å². The van der Waals surface area contributed by atoms with Gasteiger partial charge in [-0.3, -0.25) is 4.79 Å². The maximum Gasteiger partial charge on any atom is 0.308 e. The van der Waals surface area contributed by atoms with E-state index >= 15 is 8.78 Å². The summed E-state index contributed by atoms with van der Waals surface area (Å²) in [5.74, 6) is -5.25. The second-order valence-electron chi connectivity index (χ2n) is 9.01. The number of halogens is 2. The fourth-order valence-electron chi connectivity index (χ4n) is 3.87. The summed E-state index contributed by atoms with van der Waals surface area (Å²) in [6, 6.07) is 0. The minimum atomic E-state index is -3.49. The van der Waals surface area contributed by atoms with E-state index in [-0.39, 0.29) is 13.2 Å². The fourth-order valence-corrected chi connectivity index (χ4v) is 3.87. The Hall–Kier alpha value is -0.870. The molecule has 0 radical (unpaired) electrons. The highest BCUT2D eigenvalue weighted by atomic mass is 19.3. The highest BCUT2D eigenvalue weighted by molar-refractivity contribution is 5.72. The van der Waals surface area contributed by atoms with E-state index in [1.54, 1.807) is 6.92 Å². The zero-order valence-corrected chi connectivity index (χ0v) is 21.6. The van der Waals surface area contributed by atoms with Gasteiger partial charge < -0.3 is 28.8 Å². The van der Waals surface area contributed by atoms with Gasteiger partial charge in [-0.05, 0) is 26.2 Å². The van der Waals surface area contributed by atoms with Gasteiger partial charge in [0.15, 0.2) is 0 Å². The van der Waals surface area contributed by atoms with E-state index in [1.165, 1.54) is 6.92 Å². The molecule has 0 unspecified atom stereocenters. The third kappa shape index (κ3) is 10.0. The summed E-state index contributed by atoms with van der Waals surface area (Å²) in [5, 5.41) is 11.0. The van der Waals surface area contributed by atoms with Crippen LogP contribution >= 0.6 is 0 Å². The normalized spacial score (nSPS) is 26.4. The van der Waals surface area contributed by atoms with Crippen molar-refractivity contribution in [2.24, 2.45) is 5.92 Å². The zero-order chi connectivity index (χ0) is 25.6. The summed E-state index contributed by atoms with van der Waals surface area (Å²) >= 11 is 0. The van der Waals surface area contributed by atoms with E-state index in [2.05, 4.69) is 0 Å². The van der Waals surface area contributed by atoms with Crippen molar-refractivity contribution in [3.05, 3.63) is 0 Å². The molecule has 1 fully saturated rings. The third-order valence-electron chi connectivity index (χ3n) is 5.88. The Morgan fingerprint density at radius 3 is 2.09 bits per heavy atom. The maximum atomic E-state index is 15.4. The van der Waals surface area contributed by atoms with Crippen LogP contribution in [0.2, 0.25) is 0 Å². The molecule has 0 aliphatic carbocycles. The Bertz CT molecular complexity index is 549. The van der Waals surface area contributed by atoms with Crippen LogP contribution in [0.4, 0.5) is 8.78 Å². The number of carbonyl (C=O) groups is 1. The van der Waals surface area contributed by atoms with Crippen molar-refractivity contribution in [2.45, 2.75) is 116 Å². The largest absolute Gasteiger partial charge is 0.466 e. The highest BCUT2D eigenvalue weighted by Crippen LogP contribution is 2.38. The van der Waals surface area contributed by atoms with Gasteiger partial charge in [0.2, 0.25) is 0 Å². The second kappa shape index (κ2) is 16.7. The van der Waals surface area contributed by atoms with Crippen molar-refractivity contribution in [2.75, 3.05) is 33.0 Å². The van der Waals surface area contributed by atoms with E-state index < -0.39 is 54.8 Å². The topological polar surface area (TPSA) is 83.5 Å². The lowest BCUT2D eigenvalue weighted by Gasteiger charge is -2.46. The molecule has 9 heteroatoms. The monoisotopic (exact) mass is 496 g/mol. The number of ether oxygens (including phenoxy) is 5. The second-order valence-corrected chi connectivity index (χ2v) is 9.01. The number of rotatable bonds is 18. The molecular formula is C25H46F2O7. The number of alkyl halides is 2. The molecule has 0 bridgehead atoms. The lowest BCUT2D eigenvalue weighted by atomic mass is 9.88. The molecule has 0 aromatic heterocycles. The van der Waals surface area contributed by atoms with Gasteiger partial charge in [-0.2, -0.15) is 0 Å². The molecular weight excluding hydrogens is 450 g/mol. The Balaban J connectivity index is 3.12. The highest BCUT2D eigenvalue weighted by Gasteiger charge is 2.56. The zero-order valence-electron chi connectivity index (χ0n) is 21.6. The standard InChI is InChI=1S/C25H46F2O7/c1-6-10-13-30-17-19-21(32-14-11-7-2)22(33-15-12-8-3)20(28)23(34-19)25(26,27)16-18(5)24(29)31-9-4/h18-23,28H,6-17H2,1-5H3/t18-,19-,20-,21+,22-,23+/m1/s1. The Kier molecular flexibility index (Phi) is 15.3. The van der Waals surface area contributed by atoms with Crippen LogP contribution in [0.1, 0.15) is 79.6 Å². The van der Waals surface area contributed by atoms with Crippen molar-refractivity contribution in [3.63, 3.8) is 0 Å². The first kappa shape index (κ1) is 31.2. The number of hydrogen-bond acceptors (Lipinski definition) is 7. The number of esters is 1.